The molecule has 1 amide bonds. The van der Waals surface area contributed by atoms with Crippen molar-refractivity contribution in [3.8, 4) is 0 Å². The van der Waals surface area contributed by atoms with Crippen molar-refractivity contribution in [2.24, 2.45) is 0 Å². The molecule has 9 heteroatoms. The molecule has 132 valence electrons. The fourth-order valence-corrected chi connectivity index (χ4v) is 2.32. The molecule has 0 atom stereocenters. The highest BCUT2D eigenvalue weighted by Crippen LogP contribution is 2.29. The monoisotopic (exact) mass is 370 g/mol. The predicted molar refractivity (Wildman–Crippen MR) is 88.7 cm³/mol. The second-order valence-corrected chi connectivity index (χ2v) is 5.56. The van der Waals surface area contributed by atoms with Crippen LogP contribution in [-0.4, -0.2) is 16.7 Å². The second-order valence-electron chi connectivity index (χ2n) is 5.15. The number of nitrogens with one attached hydrogen (secondary N) is 3. The van der Waals surface area contributed by atoms with E-state index in [1.807, 2.05) is 0 Å². The smallest absolute Gasteiger partial charge is 0.379 e. The topological polar surface area (TPSA) is 77.9 Å². The van der Waals surface area contributed by atoms with Crippen molar-refractivity contribution in [3.63, 3.8) is 0 Å². The van der Waals surface area contributed by atoms with Crippen molar-refractivity contribution in [1.29, 1.82) is 5.41 Å². The minimum Gasteiger partial charge on any atom is -0.379 e. The third kappa shape index (κ3) is 4.93. The molecule has 0 aliphatic heterocycles. The van der Waals surface area contributed by atoms with Crippen LogP contribution in [0.15, 0.2) is 36.7 Å². The molecule has 0 saturated heterocycles. The Bertz CT molecular complexity index is 791. The number of carbonyl (C=O) groups excluding carboxylic acids is 1. The molecule has 0 unspecified atom stereocenters. The lowest BCUT2D eigenvalue weighted by Crippen LogP contribution is -2.29. The Kier molecular flexibility index (Phi) is 5.63. The summed E-state index contributed by atoms with van der Waals surface area (Å²) < 4.78 is 37.7. The molecule has 0 bridgehead atoms. The van der Waals surface area contributed by atoms with Crippen LogP contribution in [0.5, 0.6) is 0 Å². The number of amidine groups is 1. The summed E-state index contributed by atoms with van der Waals surface area (Å²) in [6.07, 6.45) is -1.64. The number of benzene rings is 1. The number of anilines is 1. The van der Waals surface area contributed by atoms with E-state index in [4.69, 9.17) is 17.0 Å². The van der Waals surface area contributed by atoms with Crippen LogP contribution in [0, 0.1) is 5.41 Å². The Morgan fingerprint density at radius 2 is 1.88 bits per heavy atom. The molecule has 0 aliphatic rings. The molecule has 2 rings (SSSR count). The predicted octanol–water partition coefficient (Wildman–Crippen LogP) is 3.83. The average molecular weight is 371 g/mol. The summed E-state index contributed by atoms with van der Waals surface area (Å²) in [6, 6.07) is 4.69. The molecule has 0 saturated carbocycles. The van der Waals surface area contributed by atoms with Crippen LogP contribution in [0.3, 0.4) is 0 Å². The highest BCUT2D eigenvalue weighted by atomic mass is 35.5. The van der Waals surface area contributed by atoms with Gasteiger partial charge in [0.1, 0.15) is 5.84 Å². The summed E-state index contributed by atoms with van der Waals surface area (Å²) >= 11 is 6.04. The van der Waals surface area contributed by atoms with Gasteiger partial charge in [-0.3, -0.25) is 15.2 Å². The number of halogens is 4. The highest BCUT2D eigenvalue weighted by Gasteiger charge is 2.29. The van der Waals surface area contributed by atoms with Crippen LogP contribution < -0.4 is 10.6 Å². The van der Waals surface area contributed by atoms with E-state index in [9.17, 15) is 18.0 Å². The van der Waals surface area contributed by atoms with Gasteiger partial charge in [-0.25, -0.2) is 0 Å². The molecule has 2 aromatic rings. The van der Waals surface area contributed by atoms with Crippen molar-refractivity contribution in [2.45, 2.75) is 19.6 Å². The van der Waals surface area contributed by atoms with Gasteiger partial charge in [-0.1, -0.05) is 23.7 Å². The maximum atomic E-state index is 12.6. The van der Waals surface area contributed by atoms with Crippen LogP contribution in [0.1, 0.15) is 23.6 Å². The summed E-state index contributed by atoms with van der Waals surface area (Å²) in [5.74, 6) is -0.624. The zero-order valence-corrected chi connectivity index (χ0v) is 13.8. The maximum absolute atomic E-state index is 12.6. The molecular formula is C16H14ClF3N4O. The fraction of sp³-hybridized carbons (Fsp3) is 0.188. The minimum atomic E-state index is -4.39. The van der Waals surface area contributed by atoms with Crippen LogP contribution in [-0.2, 0) is 17.5 Å². The number of hydrogen-bond acceptors (Lipinski definition) is 4. The Morgan fingerprint density at radius 1 is 1.24 bits per heavy atom. The summed E-state index contributed by atoms with van der Waals surface area (Å²) in [7, 11) is 0. The van der Waals surface area contributed by atoms with Gasteiger partial charge < -0.3 is 10.6 Å². The summed E-state index contributed by atoms with van der Waals surface area (Å²) in [5.41, 5.74) is 0.503. The van der Waals surface area contributed by atoms with Gasteiger partial charge in [-0.15, -0.1) is 0 Å². The van der Waals surface area contributed by atoms with Crippen molar-refractivity contribution in [2.75, 3.05) is 5.32 Å². The van der Waals surface area contributed by atoms with Crippen molar-refractivity contribution in [3.05, 3.63) is 58.4 Å². The first-order valence-electron chi connectivity index (χ1n) is 7.08. The number of pyridine rings is 1. The van der Waals surface area contributed by atoms with E-state index in [1.54, 1.807) is 0 Å². The van der Waals surface area contributed by atoms with Crippen LogP contribution in [0.4, 0.5) is 18.9 Å². The van der Waals surface area contributed by atoms with Crippen molar-refractivity contribution < 1.29 is 18.0 Å². The van der Waals surface area contributed by atoms with E-state index in [2.05, 4.69) is 15.6 Å². The number of aromatic nitrogens is 1. The molecule has 3 N–H and O–H groups in total. The first-order valence-corrected chi connectivity index (χ1v) is 7.46. The Labute approximate surface area is 146 Å². The Morgan fingerprint density at radius 3 is 2.44 bits per heavy atom. The second kappa shape index (κ2) is 7.52. The molecule has 25 heavy (non-hydrogen) atoms. The van der Waals surface area contributed by atoms with Gasteiger partial charge in [0.15, 0.2) is 0 Å². The molecule has 5 nitrogen and oxygen atoms in total. The third-order valence-corrected chi connectivity index (χ3v) is 3.50. The summed E-state index contributed by atoms with van der Waals surface area (Å²) in [4.78, 5) is 15.0. The molecule has 0 spiro atoms. The fourth-order valence-electron chi connectivity index (χ4n) is 2.07. The van der Waals surface area contributed by atoms with Gasteiger partial charge in [0, 0.05) is 19.7 Å². The van der Waals surface area contributed by atoms with E-state index >= 15 is 0 Å². The van der Waals surface area contributed by atoms with Crippen molar-refractivity contribution in [1.82, 2.24) is 10.3 Å². The van der Waals surface area contributed by atoms with Gasteiger partial charge in [-0.05, 0) is 17.7 Å². The zero-order valence-electron chi connectivity index (χ0n) is 13.0. The van der Waals surface area contributed by atoms with E-state index in [1.165, 1.54) is 31.5 Å². The number of hydrogen-bond donors (Lipinski definition) is 3. The first-order chi connectivity index (χ1) is 11.7. The Hall–Kier alpha value is -2.61. The van der Waals surface area contributed by atoms with Gasteiger partial charge in [0.05, 0.1) is 28.0 Å². The average Bonchev–Trinajstić information content (AvgIpc) is 2.51. The minimum absolute atomic E-state index is 0.163. The molecule has 0 aliphatic carbocycles. The van der Waals surface area contributed by atoms with Gasteiger partial charge >= 0.3 is 6.18 Å². The van der Waals surface area contributed by atoms with Crippen molar-refractivity contribution >= 4 is 29.0 Å². The standard InChI is InChI=1S/C16H14ClF3N4O/c1-9(25)24-15(21)14-12(17)7-22-8-13(14)23-6-10-2-4-11(5-3-10)16(18,19)20/h2-5,7-8,23H,6H2,1H3,(H2,21,24,25). The number of carbonyl (C=O) groups is 1. The van der Waals surface area contributed by atoms with E-state index < -0.39 is 17.6 Å². The molecule has 1 aromatic carbocycles. The maximum Gasteiger partial charge on any atom is 0.416 e. The van der Waals surface area contributed by atoms with E-state index in [0.717, 1.165) is 12.1 Å². The summed E-state index contributed by atoms with van der Waals surface area (Å²) in [5, 5.41) is 13.4. The largest absolute Gasteiger partial charge is 0.416 e. The first kappa shape index (κ1) is 18.7. The zero-order chi connectivity index (χ0) is 18.6. The van der Waals surface area contributed by atoms with Crippen LogP contribution in [0.25, 0.3) is 0 Å². The van der Waals surface area contributed by atoms with Gasteiger partial charge in [0.2, 0.25) is 5.91 Å². The Balaban J connectivity index is 2.17. The quantitative estimate of drug-likeness (QED) is 0.565. The van der Waals surface area contributed by atoms with Crippen LogP contribution in [0.2, 0.25) is 5.02 Å². The lowest BCUT2D eigenvalue weighted by atomic mass is 10.1. The summed E-state index contributed by atoms with van der Waals surface area (Å²) in [6.45, 7) is 1.46. The normalized spacial score (nSPS) is 11.1. The number of alkyl halides is 3. The molecule has 0 radical (unpaired) electrons. The van der Waals surface area contributed by atoms with Gasteiger partial charge in [-0.2, -0.15) is 13.2 Å². The van der Waals surface area contributed by atoms with E-state index in [-0.39, 0.29) is 23.0 Å². The highest BCUT2D eigenvalue weighted by molar-refractivity contribution is 6.35. The van der Waals surface area contributed by atoms with E-state index in [0.29, 0.717) is 11.3 Å². The lowest BCUT2D eigenvalue weighted by molar-refractivity contribution is -0.137. The molecule has 1 aromatic heterocycles. The third-order valence-electron chi connectivity index (χ3n) is 3.21. The van der Waals surface area contributed by atoms with Crippen LogP contribution >= 0.6 is 11.6 Å². The lowest BCUT2D eigenvalue weighted by Gasteiger charge is -2.14. The number of rotatable bonds is 4. The molecular weight excluding hydrogens is 357 g/mol. The molecule has 0 fully saturated rings. The molecule has 1 heterocycles. The van der Waals surface area contributed by atoms with Gasteiger partial charge in [0.25, 0.3) is 0 Å². The SMILES string of the molecule is CC(=O)NC(=N)c1c(Cl)cncc1NCc1ccc(C(F)(F)F)cc1. The number of nitrogens with zero attached hydrogens (tertiary/aromatic N) is 1. The number of amides is 1.